The van der Waals surface area contributed by atoms with Crippen molar-refractivity contribution in [1.82, 2.24) is 9.55 Å². The highest BCUT2D eigenvalue weighted by atomic mass is 16.5. The first-order valence-electron chi connectivity index (χ1n) is 4.75. The average Bonchev–Trinajstić information content (AvgIpc) is 2.43. The molecule has 0 saturated heterocycles. The van der Waals surface area contributed by atoms with Crippen molar-refractivity contribution in [1.29, 1.82) is 0 Å². The van der Waals surface area contributed by atoms with Crippen LogP contribution in [-0.2, 0) is 11.3 Å². The number of hydrogen-bond acceptors (Lipinski definition) is 2. The van der Waals surface area contributed by atoms with E-state index in [1.165, 1.54) is 5.69 Å². The molecule has 1 aromatic rings. The third-order valence-corrected chi connectivity index (χ3v) is 2.14. The minimum Gasteiger partial charge on any atom is -0.382 e. The van der Waals surface area contributed by atoms with Gasteiger partial charge in [-0.3, -0.25) is 0 Å². The number of hydrogen-bond donors (Lipinski definition) is 0. The fourth-order valence-corrected chi connectivity index (χ4v) is 1.17. The van der Waals surface area contributed by atoms with Crippen LogP contribution in [0.3, 0.4) is 0 Å². The van der Waals surface area contributed by atoms with E-state index < -0.39 is 0 Å². The lowest BCUT2D eigenvalue weighted by Gasteiger charge is -2.04. The van der Waals surface area contributed by atoms with Crippen molar-refractivity contribution < 1.29 is 4.74 Å². The normalized spacial score (nSPS) is 10.7. The summed E-state index contributed by atoms with van der Waals surface area (Å²) < 4.78 is 7.30. The Balaban J connectivity index is 2.32. The molecule has 0 aliphatic carbocycles. The first-order valence-corrected chi connectivity index (χ1v) is 4.75. The van der Waals surface area contributed by atoms with E-state index in [2.05, 4.69) is 18.2 Å². The van der Waals surface area contributed by atoms with E-state index in [0.717, 1.165) is 31.9 Å². The van der Waals surface area contributed by atoms with Crippen LogP contribution in [0.15, 0.2) is 0 Å². The summed E-state index contributed by atoms with van der Waals surface area (Å²) in [6, 6.07) is 0. The zero-order valence-corrected chi connectivity index (χ0v) is 8.63. The van der Waals surface area contributed by atoms with Crippen LogP contribution in [0.4, 0.5) is 0 Å². The molecular weight excluding hydrogens is 164 g/mol. The molecule has 1 heterocycles. The van der Waals surface area contributed by atoms with Gasteiger partial charge in [0.15, 0.2) is 6.33 Å². The van der Waals surface area contributed by atoms with Gasteiger partial charge in [0.05, 0.1) is 5.69 Å². The Labute approximate surface area is 79.7 Å². The van der Waals surface area contributed by atoms with Gasteiger partial charge in [0.2, 0.25) is 0 Å². The molecule has 3 nitrogen and oxygen atoms in total. The van der Waals surface area contributed by atoms with Gasteiger partial charge < -0.3 is 9.30 Å². The van der Waals surface area contributed by atoms with Crippen molar-refractivity contribution in [2.45, 2.75) is 33.7 Å². The van der Waals surface area contributed by atoms with Crippen LogP contribution >= 0.6 is 0 Å². The summed E-state index contributed by atoms with van der Waals surface area (Å²) in [5.41, 5.74) is 2.27. The molecule has 0 unspecified atom stereocenters. The molecule has 1 rings (SSSR count). The van der Waals surface area contributed by atoms with Gasteiger partial charge in [-0.25, -0.2) is 4.98 Å². The standard InChI is InChI=1S/C10H17N2O/c1-4-13-7-5-6-12-8-11-9(2)10(12)3/h4-7H2,1-3H3. The van der Waals surface area contributed by atoms with Gasteiger partial charge in [0.25, 0.3) is 0 Å². The van der Waals surface area contributed by atoms with Crippen molar-refractivity contribution in [2.24, 2.45) is 0 Å². The van der Waals surface area contributed by atoms with E-state index in [1.54, 1.807) is 0 Å². The topological polar surface area (TPSA) is 27.1 Å². The molecule has 73 valence electrons. The molecule has 0 atom stereocenters. The van der Waals surface area contributed by atoms with Gasteiger partial charge in [-0.1, -0.05) is 0 Å². The molecule has 0 N–H and O–H groups in total. The average molecular weight is 181 g/mol. The zero-order chi connectivity index (χ0) is 9.68. The first-order chi connectivity index (χ1) is 6.25. The first kappa shape index (κ1) is 10.3. The van der Waals surface area contributed by atoms with Gasteiger partial charge in [-0.05, 0) is 27.2 Å². The summed E-state index contributed by atoms with van der Waals surface area (Å²) >= 11 is 0. The van der Waals surface area contributed by atoms with Gasteiger partial charge in [0.1, 0.15) is 0 Å². The summed E-state index contributed by atoms with van der Waals surface area (Å²) in [6.07, 6.45) is 3.99. The summed E-state index contributed by atoms with van der Waals surface area (Å²) in [7, 11) is 0. The van der Waals surface area contributed by atoms with E-state index >= 15 is 0 Å². The van der Waals surface area contributed by atoms with Crippen LogP contribution < -0.4 is 0 Å². The molecule has 0 aliphatic heterocycles. The van der Waals surface area contributed by atoms with Gasteiger partial charge >= 0.3 is 0 Å². The second kappa shape index (κ2) is 5.02. The number of nitrogens with zero attached hydrogens (tertiary/aromatic N) is 2. The predicted octanol–water partition coefficient (Wildman–Crippen LogP) is 1.73. The zero-order valence-electron chi connectivity index (χ0n) is 8.63. The van der Waals surface area contributed by atoms with E-state index in [-0.39, 0.29) is 0 Å². The fourth-order valence-electron chi connectivity index (χ4n) is 1.17. The molecular formula is C10H17N2O. The highest BCUT2D eigenvalue weighted by molar-refractivity contribution is 5.07. The predicted molar refractivity (Wildman–Crippen MR) is 51.6 cm³/mol. The maximum absolute atomic E-state index is 5.25. The number of imidazole rings is 1. The Morgan fingerprint density at radius 2 is 2.23 bits per heavy atom. The largest absolute Gasteiger partial charge is 0.382 e. The van der Waals surface area contributed by atoms with Crippen LogP contribution in [0, 0.1) is 20.2 Å². The SMILES string of the molecule is CCOCCCn1[c]nc(C)c1C. The molecule has 0 aromatic carbocycles. The molecule has 3 heteroatoms. The van der Waals surface area contributed by atoms with E-state index in [9.17, 15) is 0 Å². The maximum atomic E-state index is 5.25. The summed E-state index contributed by atoms with van der Waals surface area (Å²) in [4.78, 5) is 4.11. The van der Waals surface area contributed by atoms with Gasteiger partial charge in [0, 0.05) is 25.5 Å². The minimum absolute atomic E-state index is 0.797. The number of aromatic nitrogens is 2. The highest BCUT2D eigenvalue weighted by Crippen LogP contribution is 2.04. The van der Waals surface area contributed by atoms with Gasteiger partial charge in [-0.2, -0.15) is 0 Å². The Morgan fingerprint density at radius 1 is 1.46 bits per heavy atom. The van der Waals surface area contributed by atoms with Gasteiger partial charge in [-0.15, -0.1) is 0 Å². The third kappa shape index (κ3) is 2.84. The third-order valence-electron chi connectivity index (χ3n) is 2.14. The molecule has 13 heavy (non-hydrogen) atoms. The van der Waals surface area contributed by atoms with Crippen molar-refractivity contribution >= 4 is 0 Å². The fraction of sp³-hybridized carbons (Fsp3) is 0.700. The molecule has 1 radical (unpaired) electrons. The molecule has 0 saturated carbocycles. The smallest absolute Gasteiger partial charge is 0.176 e. The maximum Gasteiger partial charge on any atom is 0.176 e. The van der Waals surface area contributed by atoms with Crippen LogP contribution in [0.25, 0.3) is 0 Å². The van der Waals surface area contributed by atoms with Crippen molar-refractivity contribution in [3.05, 3.63) is 17.7 Å². The quantitative estimate of drug-likeness (QED) is 0.647. The lowest BCUT2D eigenvalue weighted by molar-refractivity contribution is 0.141. The molecule has 0 spiro atoms. The molecule has 0 aliphatic rings. The van der Waals surface area contributed by atoms with Crippen LogP contribution in [0.5, 0.6) is 0 Å². The summed E-state index contributed by atoms with van der Waals surface area (Å²) in [5, 5.41) is 0. The second-order valence-electron chi connectivity index (χ2n) is 3.08. The lowest BCUT2D eigenvalue weighted by Crippen LogP contribution is -2.03. The van der Waals surface area contributed by atoms with Crippen LogP contribution in [0.1, 0.15) is 24.7 Å². The minimum atomic E-state index is 0.797. The Bertz CT molecular complexity index is 255. The van der Waals surface area contributed by atoms with E-state index in [0.29, 0.717) is 0 Å². The molecule has 1 aromatic heterocycles. The second-order valence-corrected chi connectivity index (χ2v) is 3.08. The van der Waals surface area contributed by atoms with E-state index in [1.807, 2.05) is 18.4 Å². The van der Waals surface area contributed by atoms with Crippen molar-refractivity contribution in [3.63, 3.8) is 0 Å². The Kier molecular flexibility index (Phi) is 3.96. The van der Waals surface area contributed by atoms with Crippen molar-refractivity contribution in [3.8, 4) is 0 Å². The van der Waals surface area contributed by atoms with Crippen molar-refractivity contribution in [2.75, 3.05) is 13.2 Å². The molecule has 0 amide bonds. The summed E-state index contributed by atoms with van der Waals surface area (Å²) in [6.45, 7) is 8.66. The number of rotatable bonds is 5. The molecule has 0 fully saturated rings. The number of aryl methyl sites for hydroxylation is 2. The monoisotopic (exact) mass is 181 g/mol. The molecule has 0 bridgehead atoms. The number of ether oxygens (including phenoxy) is 1. The lowest BCUT2D eigenvalue weighted by atomic mass is 10.3. The highest BCUT2D eigenvalue weighted by Gasteiger charge is 2.01. The Morgan fingerprint density at radius 3 is 2.77 bits per heavy atom. The summed E-state index contributed by atoms with van der Waals surface area (Å²) in [5.74, 6) is 0. The van der Waals surface area contributed by atoms with Crippen LogP contribution in [0.2, 0.25) is 0 Å². The van der Waals surface area contributed by atoms with Crippen LogP contribution in [-0.4, -0.2) is 22.8 Å². The Hall–Kier alpha value is -0.830. The van der Waals surface area contributed by atoms with E-state index in [4.69, 9.17) is 4.74 Å².